The van der Waals surface area contributed by atoms with Crippen LogP contribution in [0.3, 0.4) is 0 Å². The summed E-state index contributed by atoms with van der Waals surface area (Å²) in [7, 11) is 1.85. The molecule has 1 aliphatic heterocycles. The Labute approximate surface area is 162 Å². The lowest BCUT2D eigenvalue weighted by molar-refractivity contribution is 0.0605. The first-order chi connectivity index (χ1) is 13.5. The summed E-state index contributed by atoms with van der Waals surface area (Å²) in [6.45, 7) is 4.48. The van der Waals surface area contributed by atoms with Gasteiger partial charge in [0.15, 0.2) is 5.76 Å². The Morgan fingerprint density at radius 2 is 2.11 bits per heavy atom. The Morgan fingerprint density at radius 3 is 2.82 bits per heavy atom. The quantitative estimate of drug-likeness (QED) is 0.681. The van der Waals surface area contributed by atoms with Crippen LogP contribution in [0.1, 0.15) is 52.6 Å². The van der Waals surface area contributed by atoms with Crippen LogP contribution in [0, 0.1) is 19.7 Å². The lowest BCUT2D eigenvalue weighted by atomic mass is 9.94. The molecule has 3 aromatic rings. The van der Waals surface area contributed by atoms with Crippen LogP contribution < -0.4 is 0 Å². The zero-order valence-electron chi connectivity index (χ0n) is 16.3. The molecule has 3 heterocycles. The van der Waals surface area contributed by atoms with E-state index in [0.717, 1.165) is 41.8 Å². The lowest BCUT2D eigenvalue weighted by Gasteiger charge is -2.35. The highest BCUT2D eigenvalue weighted by Crippen LogP contribution is 2.38. The Kier molecular flexibility index (Phi) is 4.75. The van der Waals surface area contributed by atoms with Crippen molar-refractivity contribution < 1.29 is 13.7 Å². The summed E-state index contributed by atoms with van der Waals surface area (Å²) >= 11 is 0. The third-order valence-corrected chi connectivity index (χ3v) is 5.41. The normalized spacial score (nSPS) is 17.1. The molecular formula is C21H23FN4O2. The molecule has 0 unspecified atom stereocenters. The summed E-state index contributed by atoms with van der Waals surface area (Å²) in [5.41, 5.74) is 3.81. The molecular weight excluding hydrogens is 359 g/mol. The predicted octanol–water partition coefficient (Wildman–Crippen LogP) is 4.20. The lowest BCUT2D eigenvalue weighted by Crippen LogP contribution is -2.39. The van der Waals surface area contributed by atoms with E-state index in [0.29, 0.717) is 17.9 Å². The highest BCUT2D eigenvalue weighted by Gasteiger charge is 2.33. The summed E-state index contributed by atoms with van der Waals surface area (Å²) in [4.78, 5) is 15.0. The van der Waals surface area contributed by atoms with E-state index in [1.807, 2.05) is 32.0 Å². The topological polar surface area (TPSA) is 64.2 Å². The van der Waals surface area contributed by atoms with E-state index < -0.39 is 5.82 Å². The van der Waals surface area contributed by atoms with Crippen molar-refractivity contribution in [3.8, 4) is 11.3 Å². The number of piperidine rings is 1. The molecule has 4 rings (SSSR count). The minimum Gasteiger partial charge on any atom is -0.356 e. The number of benzene rings is 1. The van der Waals surface area contributed by atoms with Gasteiger partial charge in [-0.2, -0.15) is 5.10 Å². The highest BCUT2D eigenvalue weighted by molar-refractivity contribution is 5.94. The molecule has 1 saturated heterocycles. The molecule has 0 aliphatic carbocycles. The Morgan fingerprint density at radius 1 is 1.29 bits per heavy atom. The van der Waals surface area contributed by atoms with Gasteiger partial charge < -0.3 is 9.42 Å². The second-order valence-electron chi connectivity index (χ2n) is 7.34. The Bertz CT molecular complexity index is 1020. The van der Waals surface area contributed by atoms with Crippen molar-refractivity contribution in [3.63, 3.8) is 0 Å². The first-order valence-electron chi connectivity index (χ1n) is 9.49. The van der Waals surface area contributed by atoms with Crippen LogP contribution in [0.15, 0.2) is 35.0 Å². The van der Waals surface area contributed by atoms with Gasteiger partial charge in [-0.1, -0.05) is 11.2 Å². The Balaban J connectivity index is 1.75. The van der Waals surface area contributed by atoms with Crippen LogP contribution in [-0.4, -0.2) is 32.3 Å². The van der Waals surface area contributed by atoms with Crippen molar-refractivity contribution in [2.45, 2.75) is 39.2 Å². The van der Waals surface area contributed by atoms with Crippen LogP contribution in [-0.2, 0) is 7.05 Å². The van der Waals surface area contributed by atoms with Gasteiger partial charge in [-0.05, 0) is 51.3 Å². The number of hydrogen-bond acceptors (Lipinski definition) is 4. The average Bonchev–Trinajstić information content (AvgIpc) is 3.23. The van der Waals surface area contributed by atoms with Crippen LogP contribution >= 0.6 is 0 Å². The van der Waals surface area contributed by atoms with E-state index in [9.17, 15) is 9.18 Å². The van der Waals surface area contributed by atoms with E-state index in [1.54, 1.807) is 16.8 Å². The van der Waals surface area contributed by atoms with E-state index in [1.165, 1.54) is 12.1 Å². The molecule has 28 heavy (non-hydrogen) atoms. The maximum atomic E-state index is 13.6. The fourth-order valence-corrected chi connectivity index (χ4v) is 3.84. The number of nitrogens with zero attached hydrogens (tertiary/aromatic N) is 4. The zero-order valence-corrected chi connectivity index (χ0v) is 16.3. The second-order valence-corrected chi connectivity index (χ2v) is 7.34. The van der Waals surface area contributed by atoms with E-state index in [4.69, 9.17) is 4.52 Å². The second kappa shape index (κ2) is 7.22. The molecule has 0 bridgehead atoms. The van der Waals surface area contributed by atoms with Gasteiger partial charge in [-0.15, -0.1) is 0 Å². The maximum Gasteiger partial charge on any atom is 0.254 e. The fraction of sp³-hybridized carbons (Fsp3) is 0.381. The number of aryl methyl sites for hydroxylation is 2. The monoisotopic (exact) mass is 382 g/mol. The van der Waals surface area contributed by atoms with E-state index >= 15 is 0 Å². The third kappa shape index (κ3) is 3.21. The van der Waals surface area contributed by atoms with Crippen LogP contribution in [0.2, 0.25) is 0 Å². The molecule has 0 saturated carbocycles. The molecule has 6 nitrogen and oxygen atoms in total. The van der Waals surface area contributed by atoms with Gasteiger partial charge in [0.2, 0.25) is 0 Å². The van der Waals surface area contributed by atoms with Gasteiger partial charge in [-0.25, -0.2) is 4.39 Å². The molecule has 1 atom stereocenters. The largest absolute Gasteiger partial charge is 0.356 e. The number of amides is 1. The van der Waals surface area contributed by atoms with Gasteiger partial charge in [0.25, 0.3) is 5.91 Å². The molecule has 0 N–H and O–H groups in total. The number of rotatable bonds is 3. The Hall–Kier alpha value is -2.96. The standard InChI is InChI=1S/C21H23FN4O2/c1-13-14(2)24-28-20(13)17-12-25(3)23-19(17)18-9-4-5-10-26(18)21(27)15-7-6-8-16(22)11-15/h6-8,11-12,18H,4-5,9-10H2,1-3H3/t18-/m0/s1. The molecule has 1 aromatic carbocycles. The minimum absolute atomic E-state index is 0.175. The number of aromatic nitrogens is 3. The number of carbonyl (C=O) groups excluding carboxylic acids is 1. The van der Waals surface area contributed by atoms with Gasteiger partial charge in [0, 0.05) is 30.9 Å². The van der Waals surface area contributed by atoms with Crippen molar-refractivity contribution in [2.75, 3.05) is 6.54 Å². The van der Waals surface area contributed by atoms with Crippen LogP contribution in [0.5, 0.6) is 0 Å². The van der Waals surface area contributed by atoms with Crippen molar-refractivity contribution in [1.82, 2.24) is 19.8 Å². The summed E-state index contributed by atoms with van der Waals surface area (Å²) in [6, 6.07) is 5.66. The van der Waals surface area contributed by atoms with Gasteiger partial charge in [0.1, 0.15) is 5.82 Å². The zero-order chi connectivity index (χ0) is 19.8. The number of carbonyl (C=O) groups is 1. The van der Waals surface area contributed by atoms with Crippen molar-refractivity contribution >= 4 is 5.91 Å². The first-order valence-corrected chi connectivity index (χ1v) is 9.49. The maximum absolute atomic E-state index is 13.6. The van der Waals surface area contributed by atoms with Gasteiger partial charge in [0.05, 0.1) is 23.0 Å². The molecule has 2 aromatic heterocycles. The molecule has 1 fully saturated rings. The number of likely N-dealkylation sites (tertiary alicyclic amines) is 1. The molecule has 0 spiro atoms. The molecule has 7 heteroatoms. The summed E-state index contributed by atoms with van der Waals surface area (Å²) in [5, 5.41) is 8.73. The average molecular weight is 382 g/mol. The smallest absolute Gasteiger partial charge is 0.254 e. The molecule has 1 amide bonds. The molecule has 1 aliphatic rings. The SMILES string of the molecule is Cc1noc(-c2cn(C)nc2[C@@H]2CCCCN2C(=O)c2cccc(F)c2)c1C. The van der Waals surface area contributed by atoms with Crippen molar-refractivity contribution in [2.24, 2.45) is 7.05 Å². The van der Waals surface area contributed by atoms with Gasteiger partial charge in [-0.3, -0.25) is 9.48 Å². The molecule has 146 valence electrons. The summed E-state index contributed by atoms with van der Waals surface area (Å²) in [6.07, 6.45) is 4.63. The molecule has 0 radical (unpaired) electrons. The minimum atomic E-state index is -0.411. The fourth-order valence-electron chi connectivity index (χ4n) is 3.84. The van der Waals surface area contributed by atoms with Crippen LogP contribution in [0.25, 0.3) is 11.3 Å². The highest BCUT2D eigenvalue weighted by atomic mass is 19.1. The van der Waals surface area contributed by atoms with Crippen LogP contribution in [0.4, 0.5) is 4.39 Å². The third-order valence-electron chi connectivity index (χ3n) is 5.41. The van der Waals surface area contributed by atoms with Crippen molar-refractivity contribution in [3.05, 3.63) is 58.8 Å². The number of hydrogen-bond donors (Lipinski definition) is 0. The van der Waals surface area contributed by atoms with Gasteiger partial charge >= 0.3 is 0 Å². The predicted molar refractivity (Wildman–Crippen MR) is 102 cm³/mol. The summed E-state index contributed by atoms with van der Waals surface area (Å²) < 4.78 is 20.9. The number of halogens is 1. The summed E-state index contributed by atoms with van der Waals surface area (Å²) in [5.74, 6) is 0.0984. The first kappa shape index (κ1) is 18.4. The van der Waals surface area contributed by atoms with Crippen molar-refractivity contribution in [1.29, 1.82) is 0 Å². The van der Waals surface area contributed by atoms with E-state index in [2.05, 4.69) is 10.3 Å². The van der Waals surface area contributed by atoms with E-state index in [-0.39, 0.29) is 11.9 Å².